The minimum Gasteiger partial charge on any atom is -0.464 e. The Balaban J connectivity index is 3.97. The smallest absolute Gasteiger partial charge is 0.353 e. The Labute approximate surface area is 64.5 Å². The molecule has 0 aliphatic rings. The second kappa shape index (κ2) is 4.27. The van der Waals surface area contributed by atoms with Crippen LogP contribution in [0.4, 0.5) is 0 Å². The molecule has 0 rings (SSSR count). The summed E-state index contributed by atoms with van der Waals surface area (Å²) in [6, 6.07) is 0. The van der Waals surface area contributed by atoms with Gasteiger partial charge in [0.15, 0.2) is 0 Å². The normalized spacial score (nSPS) is 8.09. The van der Waals surface area contributed by atoms with E-state index in [2.05, 4.69) is 23.2 Å². The molecule has 0 aliphatic heterocycles. The molecule has 0 aromatic carbocycles. The predicted octanol–water partition coefficient (Wildman–Crippen LogP) is -0.0247. The van der Waals surface area contributed by atoms with Crippen LogP contribution in [-0.2, 0) is 14.3 Å². The summed E-state index contributed by atoms with van der Waals surface area (Å²) in [4.78, 5) is 21.1. The molecule has 0 aliphatic carbocycles. The van der Waals surface area contributed by atoms with Crippen LogP contribution in [0.1, 0.15) is 0 Å². The average molecular weight is 155 g/mol. The Morgan fingerprint density at radius 3 is 2.45 bits per heavy atom. The highest BCUT2D eigenvalue weighted by Gasteiger charge is 2.07. The van der Waals surface area contributed by atoms with Crippen LogP contribution < -0.4 is 5.32 Å². The molecule has 0 aromatic rings. The molecule has 0 radical (unpaired) electrons. The van der Waals surface area contributed by atoms with Gasteiger partial charge in [-0.1, -0.05) is 13.2 Å². The Hall–Kier alpha value is -1.58. The van der Waals surface area contributed by atoms with Gasteiger partial charge in [-0.2, -0.15) is 0 Å². The fourth-order valence-corrected chi connectivity index (χ4v) is 0.374. The monoisotopic (exact) mass is 155 g/mol. The van der Waals surface area contributed by atoms with Crippen LogP contribution in [0, 0.1) is 0 Å². The van der Waals surface area contributed by atoms with Crippen LogP contribution in [0.3, 0.4) is 0 Å². The first-order valence-electron chi connectivity index (χ1n) is 2.82. The van der Waals surface area contributed by atoms with Crippen molar-refractivity contribution in [3.63, 3.8) is 0 Å². The lowest BCUT2D eigenvalue weighted by atomic mass is 10.4. The van der Waals surface area contributed by atoms with Gasteiger partial charge in [0.05, 0.1) is 7.11 Å². The van der Waals surface area contributed by atoms with Crippen molar-refractivity contribution in [3.8, 4) is 0 Å². The van der Waals surface area contributed by atoms with Gasteiger partial charge in [-0.05, 0) is 6.08 Å². The molecule has 0 atom stereocenters. The van der Waals surface area contributed by atoms with Gasteiger partial charge in [0, 0.05) is 0 Å². The summed E-state index contributed by atoms with van der Waals surface area (Å²) in [6.45, 7) is 6.45. The van der Waals surface area contributed by atoms with E-state index < -0.39 is 11.9 Å². The van der Waals surface area contributed by atoms with Crippen LogP contribution >= 0.6 is 0 Å². The summed E-state index contributed by atoms with van der Waals surface area (Å²) in [5, 5.41) is 2.15. The molecule has 0 heterocycles. The van der Waals surface area contributed by atoms with Crippen molar-refractivity contribution in [2.45, 2.75) is 0 Å². The lowest BCUT2D eigenvalue weighted by molar-refractivity contribution is -0.137. The molecule has 0 fully saturated rings. The first kappa shape index (κ1) is 9.42. The number of carbonyl (C=O) groups excluding carboxylic acids is 2. The van der Waals surface area contributed by atoms with Crippen LogP contribution in [0.15, 0.2) is 24.9 Å². The summed E-state index contributed by atoms with van der Waals surface area (Å²) in [6.07, 6.45) is 1.04. The number of ether oxygens (including phenoxy) is 1. The van der Waals surface area contributed by atoms with Crippen molar-refractivity contribution in [2.75, 3.05) is 7.11 Å². The van der Waals surface area contributed by atoms with E-state index in [1.807, 2.05) is 0 Å². The van der Waals surface area contributed by atoms with Gasteiger partial charge in [0.2, 0.25) is 5.91 Å². The zero-order valence-corrected chi connectivity index (χ0v) is 6.22. The van der Waals surface area contributed by atoms with Crippen molar-refractivity contribution in [2.24, 2.45) is 0 Å². The Kier molecular flexibility index (Phi) is 3.66. The largest absolute Gasteiger partial charge is 0.464 e. The van der Waals surface area contributed by atoms with Crippen LogP contribution in [0.2, 0.25) is 0 Å². The van der Waals surface area contributed by atoms with Crippen molar-refractivity contribution in [1.29, 1.82) is 0 Å². The Morgan fingerprint density at radius 1 is 1.55 bits per heavy atom. The highest BCUT2D eigenvalue weighted by Crippen LogP contribution is 1.87. The molecule has 11 heavy (non-hydrogen) atoms. The molecule has 0 bridgehead atoms. The first-order valence-corrected chi connectivity index (χ1v) is 2.82. The maximum absolute atomic E-state index is 10.6. The predicted molar refractivity (Wildman–Crippen MR) is 39.5 cm³/mol. The third-order valence-corrected chi connectivity index (χ3v) is 0.891. The zero-order valence-electron chi connectivity index (χ0n) is 6.22. The van der Waals surface area contributed by atoms with Gasteiger partial charge >= 0.3 is 5.97 Å². The lowest BCUT2D eigenvalue weighted by Gasteiger charge is -2.01. The van der Waals surface area contributed by atoms with Gasteiger partial charge in [-0.3, -0.25) is 4.79 Å². The van der Waals surface area contributed by atoms with Gasteiger partial charge in [-0.15, -0.1) is 0 Å². The molecular weight excluding hydrogens is 146 g/mol. The SMILES string of the molecule is C=CC(=O)NC(=C)C(=O)OC. The number of esters is 1. The highest BCUT2D eigenvalue weighted by atomic mass is 16.5. The number of amides is 1. The summed E-state index contributed by atoms with van der Waals surface area (Å²) >= 11 is 0. The molecule has 0 unspecified atom stereocenters. The summed E-state index contributed by atoms with van der Waals surface area (Å²) in [5.41, 5.74) is -0.0996. The van der Waals surface area contributed by atoms with Crippen LogP contribution in [-0.4, -0.2) is 19.0 Å². The van der Waals surface area contributed by atoms with Crippen LogP contribution in [0.25, 0.3) is 0 Å². The molecule has 4 heteroatoms. The van der Waals surface area contributed by atoms with Crippen molar-refractivity contribution in [3.05, 3.63) is 24.9 Å². The topological polar surface area (TPSA) is 55.4 Å². The van der Waals surface area contributed by atoms with Gasteiger partial charge in [0.25, 0.3) is 0 Å². The average Bonchev–Trinajstić information content (AvgIpc) is 2.02. The van der Waals surface area contributed by atoms with E-state index in [4.69, 9.17) is 0 Å². The maximum Gasteiger partial charge on any atom is 0.353 e. The van der Waals surface area contributed by atoms with E-state index in [0.29, 0.717) is 0 Å². The summed E-state index contributed by atoms with van der Waals surface area (Å²) in [7, 11) is 1.20. The first-order chi connectivity index (χ1) is 5.11. The van der Waals surface area contributed by atoms with Crippen molar-refractivity contribution in [1.82, 2.24) is 5.32 Å². The minimum absolute atomic E-state index is 0.0996. The molecule has 0 saturated carbocycles. The van der Waals surface area contributed by atoms with Gasteiger partial charge < -0.3 is 10.1 Å². The standard InChI is InChI=1S/C7H9NO3/c1-4-6(9)8-5(2)7(10)11-3/h4H,1-2H2,3H3,(H,8,9). The van der Waals surface area contributed by atoms with Crippen molar-refractivity contribution >= 4 is 11.9 Å². The quantitative estimate of drug-likeness (QED) is 0.460. The van der Waals surface area contributed by atoms with Gasteiger partial charge in [0.1, 0.15) is 5.70 Å². The molecule has 1 N–H and O–H groups in total. The molecule has 1 amide bonds. The second-order valence-electron chi connectivity index (χ2n) is 1.66. The lowest BCUT2D eigenvalue weighted by Crippen LogP contribution is -2.25. The molecule has 4 nitrogen and oxygen atoms in total. The molecular formula is C7H9NO3. The zero-order chi connectivity index (χ0) is 8.85. The summed E-state index contributed by atoms with van der Waals surface area (Å²) < 4.78 is 4.27. The third kappa shape index (κ3) is 3.20. The minimum atomic E-state index is -0.666. The second-order valence-corrected chi connectivity index (χ2v) is 1.66. The third-order valence-electron chi connectivity index (χ3n) is 0.891. The number of methoxy groups -OCH3 is 1. The Bertz CT molecular complexity index is 208. The highest BCUT2D eigenvalue weighted by molar-refractivity contribution is 5.96. The number of nitrogens with one attached hydrogen (secondary N) is 1. The molecule has 0 spiro atoms. The summed E-state index contributed by atoms with van der Waals surface area (Å²) in [5.74, 6) is -1.15. The molecule has 60 valence electrons. The molecule has 0 saturated heterocycles. The van der Waals surface area contributed by atoms with E-state index in [9.17, 15) is 9.59 Å². The number of carbonyl (C=O) groups is 2. The molecule has 0 aromatic heterocycles. The number of hydrogen-bond donors (Lipinski definition) is 1. The van der Waals surface area contributed by atoms with E-state index in [0.717, 1.165) is 6.08 Å². The van der Waals surface area contributed by atoms with E-state index in [-0.39, 0.29) is 5.70 Å². The fraction of sp³-hybridized carbons (Fsp3) is 0.143. The number of hydrogen-bond acceptors (Lipinski definition) is 3. The van der Waals surface area contributed by atoms with E-state index in [1.165, 1.54) is 7.11 Å². The fourth-order valence-electron chi connectivity index (χ4n) is 0.374. The Morgan fingerprint density at radius 2 is 2.09 bits per heavy atom. The van der Waals surface area contributed by atoms with Crippen molar-refractivity contribution < 1.29 is 14.3 Å². The van der Waals surface area contributed by atoms with Crippen LogP contribution in [0.5, 0.6) is 0 Å². The number of rotatable bonds is 3. The van der Waals surface area contributed by atoms with E-state index in [1.54, 1.807) is 0 Å². The van der Waals surface area contributed by atoms with E-state index >= 15 is 0 Å². The van der Waals surface area contributed by atoms with Gasteiger partial charge in [-0.25, -0.2) is 4.79 Å². The maximum atomic E-state index is 10.6.